The lowest BCUT2D eigenvalue weighted by molar-refractivity contribution is -0.384. The van der Waals surface area contributed by atoms with E-state index in [2.05, 4.69) is 5.32 Å². The van der Waals surface area contributed by atoms with Crippen LogP contribution in [0.2, 0.25) is 0 Å². The largest absolute Gasteiger partial charge is 0.323 e. The first-order valence-corrected chi connectivity index (χ1v) is 8.39. The third kappa shape index (κ3) is 3.71. The lowest BCUT2D eigenvalue weighted by Gasteiger charge is -2.24. The molecule has 1 fully saturated rings. The van der Waals surface area contributed by atoms with Crippen molar-refractivity contribution in [3.05, 3.63) is 69.8 Å². The third-order valence-electron chi connectivity index (χ3n) is 3.71. The van der Waals surface area contributed by atoms with Gasteiger partial charge in [-0.1, -0.05) is 0 Å². The number of rotatable bonds is 3. The summed E-state index contributed by atoms with van der Waals surface area (Å²) in [4.78, 5) is 24.2. The molecule has 1 unspecified atom stereocenters. The van der Waals surface area contributed by atoms with Crippen LogP contribution in [0.25, 0.3) is 0 Å². The Morgan fingerprint density at radius 3 is 2.64 bits per heavy atom. The van der Waals surface area contributed by atoms with Crippen LogP contribution in [0.3, 0.4) is 0 Å². The highest BCUT2D eigenvalue weighted by Crippen LogP contribution is 2.38. The van der Waals surface area contributed by atoms with E-state index in [9.17, 15) is 23.7 Å². The van der Waals surface area contributed by atoms with Crippen molar-refractivity contribution in [2.75, 3.05) is 17.6 Å². The number of benzene rings is 2. The maximum absolute atomic E-state index is 13.7. The van der Waals surface area contributed by atoms with Gasteiger partial charge in [0.1, 0.15) is 17.0 Å². The molecule has 0 spiro atoms. The minimum Gasteiger partial charge on any atom is -0.308 e. The van der Waals surface area contributed by atoms with Gasteiger partial charge in [-0.3, -0.25) is 10.1 Å². The van der Waals surface area contributed by atoms with Crippen molar-refractivity contribution in [1.29, 1.82) is 0 Å². The lowest BCUT2D eigenvalue weighted by Crippen LogP contribution is -2.34. The summed E-state index contributed by atoms with van der Waals surface area (Å²) >= 11 is 1.49. The van der Waals surface area contributed by atoms with Gasteiger partial charge < -0.3 is 10.2 Å². The molecular formula is C16H13F2N3O3S. The van der Waals surface area contributed by atoms with Crippen LogP contribution in [-0.4, -0.2) is 28.2 Å². The molecule has 6 nitrogen and oxygen atoms in total. The second-order valence-corrected chi connectivity index (χ2v) is 6.51. The van der Waals surface area contributed by atoms with E-state index in [4.69, 9.17) is 0 Å². The Balaban J connectivity index is 1.77. The summed E-state index contributed by atoms with van der Waals surface area (Å²) in [5, 5.41) is 12.8. The molecule has 2 aromatic rings. The van der Waals surface area contributed by atoms with Gasteiger partial charge >= 0.3 is 6.03 Å². The molecule has 3 rings (SSSR count). The summed E-state index contributed by atoms with van der Waals surface area (Å²) in [6.07, 6.45) is 0. The zero-order chi connectivity index (χ0) is 18.0. The first-order valence-electron chi connectivity index (χ1n) is 7.34. The summed E-state index contributed by atoms with van der Waals surface area (Å²) in [6.45, 7) is 0.426. The van der Waals surface area contributed by atoms with Crippen LogP contribution in [0.1, 0.15) is 10.9 Å². The van der Waals surface area contributed by atoms with Gasteiger partial charge in [0.15, 0.2) is 0 Å². The summed E-state index contributed by atoms with van der Waals surface area (Å²) in [5.41, 5.74) is 0.455. The summed E-state index contributed by atoms with van der Waals surface area (Å²) in [6, 6.07) is 8.19. The highest BCUT2D eigenvalue weighted by Gasteiger charge is 2.31. The average Bonchev–Trinajstić information content (AvgIpc) is 3.08. The normalized spacial score (nSPS) is 16.7. The Labute approximate surface area is 146 Å². The fourth-order valence-corrected chi connectivity index (χ4v) is 3.75. The van der Waals surface area contributed by atoms with Gasteiger partial charge in [0.25, 0.3) is 5.69 Å². The number of amides is 2. The Hall–Kier alpha value is -2.68. The predicted molar refractivity (Wildman–Crippen MR) is 90.4 cm³/mol. The van der Waals surface area contributed by atoms with E-state index in [1.54, 1.807) is 12.1 Å². The minimum atomic E-state index is -0.728. The Kier molecular flexibility index (Phi) is 4.84. The Morgan fingerprint density at radius 1 is 1.24 bits per heavy atom. The molecular weight excluding hydrogens is 352 g/mol. The Morgan fingerprint density at radius 2 is 1.96 bits per heavy atom. The molecule has 2 aromatic carbocycles. The summed E-state index contributed by atoms with van der Waals surface area (Å²) in [7, 11) is 0. The van der Waals surface area contributed by atoms with Crippen LogP contribution in [-0.2, 0) is 0 Å². The number of non-ortho nitro benzene ring substituents is 1. The SMILES string of the molecule is O=C(Nc1cc(F)ccc1F)N1CCSC1c1ccc([N+](=O)[O-])cc1. The third-order valence-corrected chi connectivity index (χ3v) is 4.97. The second-order valence-electron chi connectivity index (χ2n) is 5.32. The molecule has 9 heteroatoms. The number of hydrogen-bond donors (Lipinski definition) is 1. The Bertz CT molecular complexity index is 817. The lowest BCUT2D eigenvalue weighted by atomic mass is 10.2. The zero-order valence-electron chi connectivity index (χ0n) is 12.8. The van der Waals surface area contributed by atoms with Crippen molar-refractivity contribution >= 4 is 29.2 Å². The number of carbonyl (C=O) groups is 1. The molecule has 0 aliphatic carbocycles. The number of hydrogen-bond acceptors (Lipinski definition) is 4. The topological polar surface area (TPSA) is 75.5 Å². The van der Waals surface area contributed by atoms with Crippen molar-refractivity contribution in [2.45, 2.75) is 5.37 Å². The van der Waals surface area contributed by atoms with E-state index in [1.165, 1.54) is 28.8 Å². The molecule has 0 bridgehead atoms. The van der Waals surface area contributed by atoms with Gasteiger partial charge in [-0.2, -0.15) is 0 Å². The highest BCUT2D eigenvalue weighted by atomic mass is 32.2. The molecule has 1 aliphatic rings. The van der Waals surface area contributed by atoms with Crippen molar-refractivity contribution < 1.29 is 18.5 Å². The number of nitrogens with zero attached hydrogens (tertiary/aromatic N) is 2. The van der Waals surface area contributed by atoms with Crippen LogP contribution in [0.15, 0.2) is 42.5 Å². The number of carbonyl (C=O) groups excluding carboxylic acids is 1. The van der Waals surface area contributed by atoms with Crippen LogP contribution < -0.4 is 5.32 Å². The van der Waals surface area contributed by atoms with E-state index >= 15 is 0 Å². The number of halogens is 2. The van der Waals surface area contributed by atoms with Crippen molar-refractivity contribution in [3.63, 3.8) is 0 Å². The van der Waals surface area contributed by atoms with Crippen molar-refractivity contribution in [3.8, 4) is 0 Å². The number of nitro groups is 1. The van der Waals surface area contributed by atoms with E-state index in [1.807, 2.05) is 0 Å². The predicted octanol–water partition coefficient (Wildman–Crippen LogP) is 4.15. The molecule has 1 aliphatic heterocycles. The van der Waals surface area contributed by atoms with Gasteiger partial charge in [0, 0.05) is 30.5 Å². The van der Waals surface area contributed by atoms with Gasteiger partial charge in [0.05, 0.1) is 10.6 Å². The summed E-state index contributed by atoms with van der Waals surface area (Å²) < 4.78 is 26.9. The molecule has 1 atom stereocenters. The van der Waals surface area contributed by atoms with Crippen LogP contribution in [0.4, 0.5) is 25.0 Å². The average molecular weight is 365 g/mol. The number of urea groups is 1. The van der Waals surface area contributed by atoms with Gasteiger partial charge in [-0.05, 0) is 29.8 Å². The molecule has 0 aromatic heterocycles. The number of anilines is 1. The van der Waals surface area contributed by atoms with Crippen LogP contribution in [0, 0.1) is 21.7 Å². The van der Waals surface area contributed by atoms with Crippen molar-refractivity contribution in [1.82, 2.24) is 4.90 Å². The van der Waals surface area contributed by atoms with E-state index in [-0.39, 0.29) is 16.7 Å². The van der Waals surface area contributed by atoms with E-state index in [0.717, 1.165) is 23.8 Å². The van der Waals surface area contributed by atoms with Gasteiger partial charge in [-0.15, -0.1) is 11.8 Å². The maximum Gasteiger partial charge on any atom is 0.323 e. The highest BCUT2D eigenvalue weighted by molar-refractivity contribution is 7.99. The van der Waals surface area contributed by atoms with Crippen molar-refractivity contribution in [2.24, 2.45) is 0 Å². The number of nitro benzene ring substituents is 1. The molecule has 0 radical (unpaired) electrons. The van der Waals surface area contributed by atoms with Crippen LogP contribution in [0.5, 0.6) is 0 Å². The van der Waals surface area contributed by atoms with E-state index < -0.39 is 22.6 Å². The second kappa shape index (κ2) is 7.06. The first kappa shape index (κ1) is 17.2. The maximum atomic E-state index is 13.7. The standard InChI is InChI=1S/C16H13F2N3O3S/c17-11-3-6-13(18)14(9-11)19-16(22)20-7-8-25-15(20)10-1-4-12(5-2-10)21(23)24/h1-6,9,15H,7-8H2,(H,19,22). The monoisotopic (exact) mass is 365 g/mol. The van der Waals surface area contributed by atoms with Gasteiger partial charge in [0.2, 0.25) is 0 Å². The fraction of sp³-hybridized carbons (Fsp3) is 0.188. The molecule has 25 heavy (non-hydrogen) atoms. The number of thioether (sulfide) groups is 1. The molecule has 1 saturated heterocycles. The van der Waals surface area contributed by atoms with Gasteiger partial charge in [-0.25, -0.2) is 13.6 Å². The molecule has 130 valence electrons. The summed E-state index contributed by atoms with van der Waals surface area (Å²) in [5.74, 6) is -0.714. The van der Waals surface area contributed by atoms with Crippen LogP contribution >= 0.6 is 11.8 Å². The zero-order valence-corrected chi connectivity index (χ0v) is 13.6. The fourth-order valence-electron chi connectivity index (χ4n) is 2.50. The molecule has 2 amide bonds. The minimum absolute atomic E-state index is 0.0374. The number of nitrogens with one attached hydrogen (secondary N) is 1. The molecule has 0 saturated carbocycles. The van der Waals surface area contributed by atoms with E-state index in [0.29, 0.717) is 12.3 Å². The quantitative estimate of drug-likeness (QED) is 0.655. The molecule has 1 heterocycles. The smallest absolute Gasteiger partial charge is 0.308 e. The molecule has 1 N–H and O–H groups in total. The first-order chi connectivity index (χ1) is 12.0.